The Kier molecular flexibility index (Phi) is 4.17. The number of nitro groups is 1. The van der Waals surface area contributed by atoms with Crippen molar-refractivity contribution in [2.24, 2.45) is 0 Å². The molecule has 3 aromatic rings. The number of nitrogens with zero attached hydrogens (tertiary/aromatic N) is 1. The van der Waals surface area contributed by atoms with Crippen molar-refractivity contribution in [2.45, 2.75) is 13.8 Å². The molecule has 132 valence electrons. The molecule has 0 fully saturated rings. The number of hydrogen-bond donors (Lipinski definition) is 3. The number of para-hydroxylation sites is 1. The van der Waals surface area contributed by atoms with Gasteiger partial charge in [-0.1, -0.05) is 18.2 Å². The van der Waals surface area contributed by atoms with E-state index in [0.29, 0.717) is 0 Å². The van der Waals surface area contributed by atoms with Crippen LogP contribution < -0.4 is 21.5 Å². The van der Waals surface area contributed by atoms with Crippen LogP contribution in [0.15, 0.2) is 46.0 Å². The minimum absolute atomic E-state index is 0.00167. The van der Waals surface area contributed by atoms with Gasteiger partial charge in [-0.05, 0) is 31.0 Å². The zero-order chi connectivity index (χ0) is 19.0. The molecule has 0 spiro atoms. The molecule has 0 heterocycles. The molecule has 8 nitrogen and oxygen atoms in total. The third-order valence-electron chi connectivity index (χ3n) is 4.09. The quantitative estimate of drug-likeness (QED) is 0.279. The summed E-state index contributed by atoms with van der Waals surface area (Å²) in [6, 6.07) is 9.05. The molecule has 0 saturated heterocycles. The summed E-state index contributed by atoms with van der Waals surface area (Å²) in [5.41, 5.74) is 1.03. The number of nitrogens with one attached hydrogen (secondary N) is 2. The predicted octanol–water partition coefficient (Wildman–Crippen LogP) is 3.00. The zero-order valence-corrected chi connectivity index (χ0v) is 14.0. The van der Waals surface area contributed by atoms with Gasteiger partial charge >= 0.3 is 0 Å². The van der Waals surface area contributed by atoms with Gasteiger partial charge in [-0.15, -0.1) is 0 Å². The third-order valence-corrected chi connectivity index (χ3v) is 4.09. The molecule has 0 aromatic heterocycles. The molecule has 3 N–H and O–H groups in total. The highest BCUT2D eigenvalue weighted by Crippen LogP contribution is 2.33. The Morgan fingerprint density at radius 2 is 1.50 bits per heavy atom. The fourth-order valence-electron chi connectivity index (χ4n) is 2.64. The largest absolute Gasteiger partial charge is 0.506 e. The van der Waals surface area contributed by atoms with Crippen LogP contribution in [-0.2, 0) is 0 Å². The number of rotatable bonds is 5. The summed E-state index contributed by atoms with van der Waals surface area (Å²) in [7, 11) is 0. The minimum Gasteiger partial charge on any atom is -0.506 e. The van der Waals surface area contributed by atoms with Crippen molar-refractivity contribution in [2.75, 3.05) is 10.6 Å². The van der Waals surface area contributed by atoms with E-state index in [0.717, 1.165) is 22.9 Å². The molecule has 0 radical (unpaired) electrons. The molecule has 0 atom stereocenters. The Bertz CT molecular complexity index is 1080. The van der Waals surface area contributed by atoms with Gasteiger partial charge in [0.05, 0.1) is 16.7 Å². The smallest absolute Gasteiger partial charge is 0.273 e. The molecule has 0 bridgehead atoms. The number of anilines is 4. The van der Waals surface area contributed by atoms with E-state index >= 15 is 0 Å². The van der Waals surface area contributed by atoms with Crippen LogP contribution in [0.25, 0.3) is 0 Å². The maximum Gasteiger partial charge on any atom is 0.273 e. The first-order valence-electron chi connectivity index (χ1n) is 7.70. The lowest BCUT2D eigenvalue weighted by Gasteiger charge is -2.18. The summed E-state index contributed by atoms with van der Waals surface area (Å²) in [6.45, 7) is 3.74. The number of hydrogen-bond acceptors (Lipinski definition) is 7. The molecule has 0 unspecified atom stereocenters. The molecule has 0 aliphatic carbocycles. The van der Waals surface area contributed by atoms with Crippen molar-refractivity contribution in [1.82, 2.24) is 0 Å². The Labute approximate surface area is 147 Å². The normalized spacial score (nSPS) is 10.7. The molecule has 0 saturated carbocycles. The summed E-state index contributed by atoms with van der Waals surface area (Å²) in [5.74, 6) is -0.398. The minimum atomic E-state index is -0.725. The Hall–Kier alpha value is -3.68. The number of nitro benzene ring substituents is 1. The fourth-order valence-corrected chi connectivity index (χ4v) is 2.64. The second kappa shape index (κ2) is 6.32. The van der Waals surface area contributed by atoms with Crippen LogP contribution >= 0.6 is 0 Å². The molecule has 3 aromatic carbocycles. The van der Waals surface area contributed by atoms with E-state index in [4.69, 9.17) is 0 Å². The van der Waals surface area contributed by atoms with Crippen molar-refractivity contribution in [3.05, 3.63) is 78.1 Å². The fraction of sp³-hybridized carbons (Fsp3) is 0.111. The average Bonchev–Trinajstić information content (AvgIpc) is 2.60. The van der Waals surface area contributed by atoms with E-state index in [-0.39, 0.29) is 22.7 Å². The summed E-state index contributed by atoms with van der Waals surface area (Å²) in [5, 5.41) is 26.3. The third kappa shape index (κ3) is 2.88. The lowest BCUT2D eigenvalue weighted by atomic mass is 10.1. The Morgan fingerprint density at radius 1 is 0.923 bits per heavy atom. The van der Waals surface area contributed by atoms with Crippen LogP contribution in [0.3, 0.4) is 0 Å². The van der Waals surface area contributed by atoms with Crippen LogP contribution in [-0.4, -0.2) is 10.0 Å². The van der Waals surface area contributed by atoms with Crippen molar-refractivity contribution >= 4 is 28.4 Å². The summed E-state index contributed by atoms with van der Waals surface area (Å²) in [6.07, 6.45) is 0. The maximum atomic E-state index is 12.0. The first-order chi connectivity index (χ1) is 12.3. The van der Waals surface area contributed by atoms with Gasteiger partial charge in [-0.2, -0.15) is 0 Å². The lowest BCUT2D eigenvalue weighted by Crippen LogP contribution is -2.36. The number of aryl methyl sites for hydroxylation is 2. The predicted molar refractivity (Wildman–Crippen MR) is 98.6 cm³/mol. The van der Waals surface area contributed by atoms with Gasteiger partial charge in [-0.25, -0.2) is 0 Å². The van der Waals surface area contributed by atoms with Gasteiger partial charge in [0.25, 0.3) is 16.5 Å². The van der Waals surface area contributed by atoms with Gasteiger partial charge in [-0.3, -0.25) is 19.7 Å². The molecule has 0 aliphatic heterocycles. The van der Waals surface area contributed by atoms with Crippen molar-refractivity contribution in [1.29, 1.82) is 0 Å². The number of phenols is 1. The Balaban J connectivity index is 1.94. The highest BCUT2D eigenvalue weighted by molar-refractivity contribution is 5.84. The molecule has 0 aliphatic rings. The number of phenolic OH excluding ortho intramolecular Hbond substituents is 1. The highest BCUT2D eigenvalue weighted by Gasteiger charge is 2.23. The molecular formula is C18H15N3O5. The molecule has 3 rings (SSSR count). The molecule has 0 amide bonds. The second-order valence-electron chi connectivity index (χ2n) is 5.88. The van der Waals surface area contributed by atoms with Crippen LogP contribution in [0, 0.1) is 24.0 Å². The topological polar surface area (TPSA) is 122 Å². The first kappa shape index (κ1) is 17.2. The first-order valence-corrected chi connectivity index (χ1v) is 7.70. The van der Waals surface area contributed by atoms with E-state index in [9.17, 15) is 24.8 Å². The summed E-state index contributed by atoms with van der Waals surface area (Å²) >= 11 is 0. The van der Waals surface area contributed by atoms with E-state index in [1.807, 2.05) is 32.0 Å². The summed E-state index contributed by atoms with van der Waals surface area (Å²) in [4.78, 5) is 34.0. The standard InChI is InChI=1S/C18H15N3O5/c1-9-4-3-5-10(2)14(9)20-16-15(17(23)18(16)24)19-12-7-6-11(21(25)26)8-13(12)22/h3-8,19-20,22H,1-2H3. The van der Waals surface area contributed by atoms with Gasteiger partial charge in [0.15, 0.2) is 0 Å². The van der Waals surface area contributed by atoms with Crippen LogP contribution in [0.4, 0.5) is 28.4 Å². The van der Waals surface area contributed by atoms with E-state index < -0.39 is 21.5 Å². The average molecular weight is 353 g/mol. The van der Waals surface area contributed by atoms with Gasteiger partial charge in [0, 0.05) is 11.8 Å². The monoisotopic (exact) mass is 353 g/mol. The van der Waals surface area contributed by atoms with Gasteiger partial charge in [0.1, 0.15) is 17.1 Å². The molecular weight excluding hydrogens is 338 g/mol. The zero-order valence-electron chi connectivity index (χ0n) is 14.0. The molecule has 26 heavy (non-hydrogen) atoms. The van der Waals surface area contributed by atoms with Gasteiger partial charge in [0.2, 0.25) is 0 Å². The second-order valence-corrected chi connectivity index (χ2v) is 5.88. The van der Waals surface area contributed by atoms with E-state index in [1.54, 1.807) is 0 Å². The van der Waals surface area contributed by atoms with E-state index in [2.05, 4.69) is 10.6 Å². The van der Waals surface area contributed by atoms with Crippen molar-refractivity contribution < 1.29 is 10.0 Å². The maximum absolute atomic E-state index is 12.0. The van der Waals surface area contributed by atoms with Gasteiger partial charge < -0.3 is 15.7 Å². The van der Waals surface area contributed by atoms with Crippen molar-refractivity contribution in [3.63, 3.8) is 0 Å². The van der Waals surface area contributed by atoms with Crippen molar-refractivity contribution in [3.8, 4) is 5.75 Å². The van der Waals surface area contributed by atoms with E-state index in [1.165, 1.54) is 12.1 Å². The molecule has 8 heteroatoms. The SMILES string of the molecule is Cc1cccc(C)c1Nc1c(Nc2ccc([N+](=O)[O-])cc2O)c(=O)c1=O. The number of aromatic hydroxyl groups is 1. The number of non-ortho nitro benzene ring substituents is 1. The Morgan fingerprint density at radius 3 is 2.04 bits per heavy atom. The number of benzene rings is 2. The van der Waals surface area contributed by atoms with Crippen LogP contribution in [0.5, 0.6) is 5.75 Å². The summed E-state index contributed by atoms with van der Waals surface area (Å²) < 4.78 is 0. The van der Waals surface area contributed by atoms with Crippen LogP contribution in [0.2, 0.25) is 0 Å². The lowest BCUT2D eigenvalue weighted by molar-refractivity contribution is -0.384. The highest BCUT2D eigenvalue weighted by atomic mass is 16.6. The van der Waals surface area contributed by atoms with Crippen LogP contribution in [0.1, 0.15) is 11.1 Å².